The maximum Gasteiger partial charge on any atom is 0.253 e. The number of phenolic OH excluding ortho intramolecular Hbond substituents is 1. The summed E-state index contributed by atoms with van der Waals surface area (Å²) in [5, 5.41) is 11.5. The number of rotatable bonds is 8. The average Bonchev–Trinajstić information content (AvgIpc) is 2.49. The second kappa shape index (κ2) is 8.02. The predicted molar refractivity (Wildman–Crippen MR) is 88.6 cm³/mol. The third kappa shape index (κ3) is 4.45. The number of unbranched alkanes of at least 4 members (excludes halogenated alkanes) is 6. The predicted octanol–water partition coefficient (Wildman–Crippen LogP) is 4.96. The Morgan fingerprint density at radius 3 is 2.33 bits per heavy atom. The van der Waals surface area contributed by atoms with Gasteiger partial charge in [-0.3, -0.25) is 0 Å². The minimum absolute atomic E-state index is 0.433. The Labute approximate surface area is 128 Å². The SMILES string of the molecule is CCCCCCCCCc1ccc2ccc(C)[nH+]c2c1O. The molecule has 0 saturated heterocycles. The number of H-pyrrole nitrogens is 1. The quantitative estimate of drug-likeness (QED) is 0.684. The fourth-order valence-corrected chi connectivity index (χ4v) is 2.85. The van der Waals surface area contributed by atoms with E-state index in [0.29, 0.717) is 5.75 Å². The van der Waals surface area contributed by atoms with E-state index in [9.17, 15) is 5.11 Å². The van der Waals surface area contributed by atoms with Crippen LogP contribution in [0.15, 0.2) is 24.3 Å². The molecule has 0 fully saturated rings. The zero-order chi connectivity index (χ0) is 15.1. The molecule has 0 saturated carbocycles. The first-order chi connectivity index (χ1) is 10.2. The molecule has 2 rings (SSSR count). The van der Waals surface area contributed by atoms with E-state index >= 15 is 0 Å². The molecule has 1 heterocycles. The summed E-state index contributed by atoms with van der Waals surface area (Å²) >= 11 is 0. The van der Waals surface area contributed by atoms with E-state index in [-0.39, 0.29) is 0 Å². The Balaban J connectivity index is 1.89. The number of phenols is 1. The number of fused-ring (bicyclic) bond motifs is 1. The number of aromatic hydroxyl groups is 1. The molecule has 21 heavy (non-hydrogen) atoms. The first-order valence-corrected chi connectivity index (χ1v) is 8.36. The fraction of sp³-hybridized carbons (Fsp3) is 0.526. The van der Waals surface area contributed by atoms with E-state index < -0.39 is 0 Å². The van der Waals surface area contributed by atoms with E-state index in [1.807, 2.05) is 13.0 Å². The third-order valence-electron chi connectivity index (χ3n) is 4.18. The van der Waals surface area contributed by atoms with Gasteiger partial charge in [-0.2, -0.15) is 0 Å². The summed E-state index contributed by atoms with van der Waals surface area (Å²) in [4.78, 5) is 3.27. The number of nitrogens with one attached hydrogen (secondary N) is 1. The minimum Gasteiger partial charge on any atom is -0.502 e. The van der Waals surface area contributed by atoms with Crippen molar-refractivity contribution in [1.82, 2.24) is 0 Å². The molecule has 0 spiro atoms. The highest BCUT2D eigenvalue weighted by Gasteiger charge is 2.12. The average molecular weight is 286 g/mol. The van der Waals surface area contributed by atoms with Gasteiger partial charge in [0.25, 0.3) is 5.52 Å². The molecule has 1 aromatic heterocycles. The van der Waals surface area contributed by atoms with Gasteiger partial charge in [0, 0.05) is 18.6 Å². The molecular weight excluding hydrogens is 258 g/mol. The summed E-state index contributed by atoms with van der Waals surface area (Å²) in [6, 6.07) is 8.26. The molecule has 0 aliphatic rings. The van der Waals surface area contributed by atoms with Gasteiger partial charge in [0.1, 0.15) is 0 Å². The summed E-state index contributed by atoms with van der Waals surface area (Å²) in [6.07, 6.45) is 10.1. The molecule has 0 aliphatic heterocycles. The fourth-order valence-electron chi connectivity index (χ4n) is 2.85. The number of aromatic amines is 1. The molecule has 114 valence electrons. The maximum absolute atomic E-state index is 10.4. The summed E-state index contributed by atoms with van der Waals surface area (Å²) < 4.78 is 0. The van der Waals surface area contributed by atoms with E-state index in [2.05, 4.69) is 30.1 Å². The Hall–Kier alpha value is -1.57. The highest BCUT2D eigenvalue weighted by molar-refractivity contribution is 5.82. The van der Waals surface area contributed by atoms with E-state index in [1.54, 1.807) is 0 Å². The smallest absolute Gasteiger partial charge is 0.253 e. The molecule has 0 bridgehead atoms. The summed E-state index contributed by atoms with van der Waals surface area (Å²) in [5.74, 6) is 0.433. The molecule has 1 aromatic carbocycles. The molecule has 0 amide bonds. The van der Waals surface area contributed by atoms with Crippen LogP contribution in [-0.4, -0.2) is 5.11 Å². The van der Waals surface area contributed by atoms with Gasteiger partial charge in [-0.1, -0.05) is 51.5 Å². The highest BCUT2D eigenvalue weighted by Crippen LogP contribution is 2.27. The largest absolute Gasteiger partial charge is 0.502 e. The zero-order valence-corrected chi connectivity index (χ0v) is 13.4. The van der Waals surface area contributed by atoms with Gasteiger partial charge in [0.2, 0.25) is 0 Å². The van der Waals surface area contributed by atoms with Crippen LogP contribution in [0.1, 0.15) is 63.1 Å². The normalized spacial score (nSPS) is 11.1. The van der Waals surface area contributed by atoms with Crippen molar-refractivity contribution < 1.29 is 10.1 Å². The Bertz CT molecular complexity index is 577. The second-order valence-electron chi connectivity index (χ2n) is 6.05. The molecule has 2 aromatic rings. The van der Waals surface area contributed by atoms with Crippen molar-refractivity contribution in [2.75, 3.05) is 0 Å². The van der Waals surface area contributed by atoms with Crippen LogP contribution in [0.4, 0.5) is 0 Å². The molecule has 2 nitrogen and oxygen atoms in total. The van der Waals surface area contributed by atoms with Gasteiger partial charge in [0.15, 0.2) is 11.4 Å². The lowest BCUT2D eigenvalue weighted by molar-refractivity contribution is -0.355. The van der Waals surface area contributed by atoms with Gasteiger partial charge in [-0.05, 0) is 25.0 Å². The lowest BCUT2D eigenvalue weighted by Gasteiger charge is -2.05. The molecule has 0 atom stereocenters. The molecule has 0 aliphatic carbocycles. The van der Waals surface area contributed by atoms with Crippen LogP contribution in [0.25, 0.3) is 10.9 Å². The molecule has 0 radical (unpaired) electrons. The lowest BCUT2D eigenvalue weighted by Crippen LogP contribution is -2.08. The highest BCUT2D eigenvalue weighted by atomic mass is 16.3. The second-order valence-corrected chi connectivity index (χ2v) is 6.05. The molecule has 0 unspecified atom stereocenters. The summed E-state index contributed by atoms with van der Waals surface area (Å²) in [6.45, 7) is 4.27. The number of benzene rings is 1. The number of aryl methyl sites for hydroxylation is 2. The van der Waals surface area contributed by atoms with E-state index in [0.717, 1.165) is 35.0 Å². The van der Waals surface area contributed by atoms with Crippen LogP contribution in [0.5, 0.6) is 5.75 Å². The Kier molecular flexibility index (Phi) is 6.04. The zero-order valence-electron chi connectivity index (χ0n) is 13.4. The van der Waals surface area contributed by atoms with Gasteiger partial charge < -0.3 is 5.11 Å². The van der Waals surface area contributed by atoms with Crippen LogP contribution in [0.2, 0.25) is 0 Å². The summed E-state index contributed by atoms with van der Waals surface area (Å²) in [5.41, 5.74) is 3.01. The summed E-state index contributed by atoms with van der Waals surface area (Å²) in [7, 11) is 0. The van der Waals surface area contributed by atoms with Crippen LogP contribution in [0.3, 0.4) is 0 Å². The lowest BCUT2D eigenvalue weighted by atomic mass is 10.0. The maximum atomic E-state index is 10.4. The molecular formula is C19H28NO+. The van der Waals surface area contributed by atoms with Crippen molar-refractivity contribution in [2.24, 2.45) is 0 Å². The van der Waals surface area contributed by atoms with Crippen LogP contribution >= 0.6 is 0 Å². The van der Waals surface area contributed by atoms with E-state index in [1.165, 1.54) is 38.5 Å². The topological polar surface area (TPSA) is 34.4 Å². The van der Waals surface area contributed by atoms with Crippen molar-refractivity contribution in [2.45, 2.75) is 65.2 Å². The first-order valence-electron chi connectivity index (χ1n) is 8.36. The van der Waals surface area contributed by atoms with Crippen LogP contribution < -0.4 is 4.98 Å². The third-order valence-corrected chi connectivity index (χ3v) is 4.18. The molecule has 2 N–H and O–H groups in total. The van der Waals surface area contributed by atoms with Crippen molar-refractivity contribution in [3.8, 4) is 5.75 Å². The molecule has 2 heteroatoms. The van der Waals surface area contributed by atoms with Crippen molar-refractivity contribution in [1.29, 1.82) is 0 Å². The monoisotopic (exact) mass is 286 g/mol. The van der Waals surface area contributed by atoms with E-state index in [4.69, 9.17) is 0 Å². The number of aromatic nitrogens is 1. The van der Waals surface area contributed by atoms with Crippen molar-refractivity contribution >= 4 is 10.9 Å². The number of hydrogen-bond acceptors (Lipinski definition) is 1. The van der Waals surface area contributed by atoms with Gasteiger partial charge in [-0.15, -0.1) is 0 Å². The Morgan fingerprint density at radius 2 is 1.57 bits per heavy atom. The number of pyridine rings is 1. The Morgan fingerprint density at radius 1 is 0.905 bits per heavy atom. The van der Waals surface area contributed by atoms with Crippen molar-refractivity contribution in [3.05, 3.63) is 35.5 Å². The number of hydrogen-bond donors (Lipinski definition) is 1. The van der Waals surface area contributed by atoms with Crippen molar-refractivity contribution in [3.63, 3.8) is 0 Å². The van der Waals surface area contributed by atoms with Crippen LogP contribution in [0, 0.1) is 6.92 Å². The standard InChI is InChI=1S/C19H27NO/c1-3-4-5-6-7-8-9-10-17-14-13-16-12-11-15(2)20-18(16)19(17)21/h11-14,21H,3-10H2,1-2H3/p+1. The van der Waals surface area contributed by atoms with Crippen LogP contribution in [-0.2, 0) is 6.42 Å². The first kappa shape index (κ1) is 15.8. The van der Waals surface area contributed by atoms with Gasteiger partial charge in [-0.25, -0.2) is 4.98 Å². The van der Waals surface area contributed by atoms with Gasteiger partial charge >= 0.3 is 0 Å². The minimum atomic E-state index is 0.433. The van der Waals surface area contributed by atoms with Gasteiger partial charge in [0.05, 0.1) is 5.39 Å².